The smallest absolute Gasteiger partial charge is 0.230 e. The monoisotopic (exact) mass is 362 g/mol. The topological polar surface area (TPSA) is 40.6 Å². The van der Waals surface area contributed by atoms with E-state index in [0.29, 0.717) is 12.5 Å². The van der Waals surface area contributed by atoms with Crippen LogP contribution < -0.4 is 0 Å². The number of ketones is 1. The Bertz CT molecular complexity index is 642. The molecule has 136 valence electrons. The van der Waals surface area contributed by atoms with E-state index < -0.39 is 0 Å². The van der Waals surface area contributed by atoms with Crippen molar-refractivity contribution in [3.8, 4) is 0 Å². The Labute approximate surface area is 156 Å². The number of Topliss-reactive ketones (excluding diaryl/α,β-unsaturated/α-hetero) is 1. The lowest BCUT2D eigenvalue weighted by Gasteiger charge is -2.39. The number of amides is 1. The molecule has 25 heavy (non-hydrogen) atoms. The lowest BCUT2D eigenvalue weighted by Crippen LogP contribution is -2.50. The van der Waals surface area contributed by atoms with Crippen molar-refractivity contribution in [1.29, 1.82) is 0 Å². The highest BCUT2D eigenvalue weighted by molar-refractivity contribution is 6.06. The van der Waals surface area contributed by atoms with E-state index in [-0.39, 0.29) is 30.0 Å². The number of hydrogen-bond acceptors (Lipinski definition) is 3. The minimum atomic E-state index is -0.257. The summed E-state index contributed by atoms with van der Waals surface area (Å²) in [6.07, 6.45) is 6.32. The molecule has 2 saturated heterocycles. The van der Waals surface area contributed by atoms with Crippen molar-refractivity contribution in [2.24, 2.45) is 0 Å². The molecule has 1 amide bonds. The molecule has 2 atom stereocenters. The van der Waals surface area contributed by atoms with Crippen molar-refractivity contribution in [3.63, 3.8) is 0 Å². The van der Waals surface area contributed by atoms with Gasteiger partial charge in [0.1, 0.15) is 0 Å². The minimum absolute atomic E-state index is 0. The predicted octanol–water partition coefficient (Wildman–Crippen LogP) is 3.26. The van der Waals surface area contributed by atoms with E-state index in [1.807, 2.05) is 24.3 Å². The number of carbonyl (C=O) groups excluding carboxylic acids is 2. The number of piperidine rings is 1. The summed E-state index contributed by atoms with van der Waals surface area (Å²) in [4.78, 5) is 30.1. The number of nitrogens with zero attached hydrogens (tertiary/aromatic N) is 2. The van der Waals surface area contributed by atoms with Gasteiger partial charge in [-0.25, -0.2) is 0 Å². The Morgan fingerprint density at radius 3 is 2.56 bits per heavy atom. The van der Waals surface area contributed by atoms with Crippen LogP contribution in [0.15, 0.2) is 24.3 Å². The zero-order chi connectivity index (χ0) is 16.5. The van der Waals surface area contributed by atoms with Crippen LogP contribution in [0.3, 0.4) is 0 Å². The van der Waals surface area contributed by atoms with Crippen molar-refractivity contribution >= 4 is 24.1 Å². The van der Waals surface area contributed by atoms with Crippen LogP contribution in [0.25, 0.3) is 0 Å². The zero-order valence-corrected chi connectivity index (χ0v) is 15.5. The largest absolute Gasteiger partial charge is 0.338 e. The van der Waals surface area contributed by atoms with Crippen LogP contribution >= 0.6 is 12.4 Å². The molecule has 0 aromatic heterocycles. The quantitative estimate of drug-likeness (QED) is 0.828. The van der Waals surface area contributed by atoms with Gasteiger partial charge in [-0.2, -0.15) is 0 Å². The molecule has 2 fully saturated rings. The Balaban J connectivity index is 0.00000182. The molecular weight excluding hydrogens is 336 g/mol. The van der Waals surface area contributed by atoms with Gasteiger partial charge in [-0.3, -0.25) is 9.59 Å². The third-order valence-electron chi connectivity index (χ3n) is 5.90. The molecule has 1 aromatic carbocycles. The molecule has 0 radical (unpaired) electrons. The summed E-state index contributed by atoms with van der Waals surface area (Å²) >= 11 is 0. The second-order valence-electron chi connectivity index (χ2n) is 7.46. The zero-order valence-electron chi connectivity index (χ0n) is 14.7. The number of rotatable bonds is 3. The van der Waals surface area contributed by atoms with E-state index in [9.17, 15) is 9.59 Å². The summed E-state index contributed by atoms with van der Waals surface area (Å²) in [7, 11) is 0. The first-order valence-electron chi connectivity index (χ1n) is 9.39. The summed E-state index contributed by atoms with van der Waals surface area (Å²) in [6.45, 7) is 4.20. The van der Waals surface area contributed by atoms with Gasteiger partial charge in [0.25, 0.3) is 0 Å². The third kappa shape index (κ3) is 3.61. The number of likely N-dealkylation sites (tertiary alicyclic amines) is 2. The average Bonchev–Trinajstić information content (AvgIpc) is 3.23. The molecule has 2 unspecified atom stereocenters. The van der Waals surface area contributed by atoms with Gasteiger partial charge in [0, 0.05) is 31.1 Å². The Morgan fingerprint density at radius 2 is 1.76 bits per heavy atom. The highest BCUT2D eigenvalue weighted by atomic mass is 35.5. The van der Waals surface area contributed by atoms with Gasteiger partial charge in [-0.1, -0.05) is 24.3 Å². The van der Waals surface area contributed by atoms with Gasteiger partial charge in [0.05, 0.1) is 5.92 Å². The number of carbonyl (C=O) groups is 2. The SMILES string of the molecule is Cl.O=C1CC(C(=O)N2CCCCC2CN2CCCC2)c2ccccc21. The van der Waals surface area contributed by atoms with E-state index in [1.165, 1.54) is 32.4 Å². The second kappa shape index (κ2) is 7.88. The van der Waals surface area contributed by atoms with Gasteiger partial charge in [0.15, 0.2) is 5.78 Å². The van der Waals surface area contributed by atoms with Crippen LogP contribution in [0.4, 0.5) is 0 Å². The maximum atomic E-state index is 13.2. The van der Waals surface area contributed by atoms with Gasteiger partial charge in [-0.15, -0.1) is 12.4 Å². The molecule has 4 rings (SSSR count). The van der Waals surface area contributed by atoms with Gasteiger partial charge in [0.2, 0.25) is 5.91 Å². The van der Waals surface area contributed by atoms with Gasteiger partial charge in [-0.05, 0) is 50.8 Å². The van der Waals surface area contributed by atoms with E-state index in [0.717, 1.165) is 37.1 Å². The highest BCUT2D eigenvalue weighted by Gasteiger charge is 2.39. The van der Waals surface area contributed by atoms with Crippen molar-refractivity contribution in [2.45, 2.75) is 50.5 Å². The van der Waals surface area contributed by atoms with Crippen molar-refractivity contribution in [1.82, 2.24) is 9.80 Å². The van der Waals surface area contributed by atoms with E-state index in [2.05, 4.69) is 9.80 Å². The number of hydrogen-bond donors (Lipinski definition) is 0. The van der Waals surface area contributed by atoms with Crippen molar-refractivity contribution in [2.75, 3.05) is 26.2 Å². The van der Waals surface area contributed by atoms with Crippen molar-refractivity contribution < 1.29 is 9.59 Å². The van der Waals surface area contributed by atoms with Gasteiger partial charge < -0.3 is 9.80 Å². The van der Waals surface area contributed by atoms with E-state index in [1.54, 1.807) is 0 Å². The molecule has 0 spiro atoms. The molecule has 1 aliphatic carbocycles. The molecule has 5 heteroatoms. The third-order valence-corrected chi connectivity index (χ3v) is 5.90. The number of fused-ring (bicyclic) bond motifs is 1. The average molecular weight is 363 g/mol. The first kappa shape index (κ1) is 18.4. The summed E-state index contributed by atoms with van der Waals surface area (Å²) in [5.41, 5.74) is 1.70. The Kier molecular flexibility index (Phi) is 5.80. The highest BCUT2D eigenvalue weighted by Crippen LogP contribution is 2.35. The normalized spacial score (nSPS) is 26.4. The first-order chi connectivity index (χ1) is 11.7. The Hall–Kier alpha value is -1.39. The van der Waals surface area contributed by atoms with Crippen molar-refractivity contribution in [3.05, 3.63) is 35.4 Å². The second-order valence-corrected chi connectivity index (χ2v) is 7.46. The minimum Gasteiger partial charge on any atom is -0.338 e. The molecule has 2 aliphatic heterocycles. The summed E-state index contributed by atoms with van der Waals surface area (Å²) in [5, 5.41) is 0. The summed E-state index contributed by atoms with van der Waals surface area (Å²) < 4.78 is 0. The maximum absolute atomic E-state index is 13.2. The fourth-order valence-electron chi connectivity index (χ4n) is 4.62. The van der Waals surface area contributed by atoms with Crippen LogP contribution in [-0.2, 0) is 4.79 Å². The standard InChI is InChI=1S/C20H26N2O2.ClH/c23-19-13-18(16-8-1-2-9-17(16)19)20(24)22-12-4-3-7-15(22)14-21-10-5-6-11-21;/h1-2,8-9,15,18H,3-7,10-14H2;1H. The van der Waals surface area contributed by atoms with Crippen LogP contribution in [0.5, 0.6) is 0 Å². The fourth-order valence-corrected chi connectivity index (χ4v) is 4.62. The van der Waals surface area contributed by atoms with Gasteiger partial charge >= 0.3 is 0 Å². The Morgan fingerprint density at radius 1 is 1.04 bits per heavy atom. The molecule has 0 bridgehead atoms. The van der Waals surface area contributed by atoms with Crippen LogP contribution in [-0.4, -0.2) is 53.7 Å². The number of benzene rings is 1. The van der Waals surface area contributed by atoms with E-state index in [4.69, 9.17) is 0 Å². The summed E-state index contributed by atoms with van der Waals surface area (Å²) in [6, 6.07) is 7.98. The molecule has 2 heterocycles. The van der Waals surface area contributed by atoms with Crippen LogP contribution in [0.2, 0.25) is 0 Å². The number of halogens is 1. The molecule has 4 nitrogen and oxygen atoms in total. The lowest BCUT2D eigenvalue weighted by atomic mass is 9.95. The molecule has 0 saturated carbocycles. The lowest BCUT2D eigenvalue weighted by molar-refractivity contribution is -0.136. The maximum Gasteiger partial charge on any atom is 0.230 e. The first-order valence-corrected chi connectivity index (χ1v) is 9.39. The molecular formula is C20H27ClN2O2. The van der Waals surface area contributed by atoms with E-state index >= 15 is 0 Å². The van der Waals surface area contributed by atoms with Crippen LogP contribution in [0.1, 0.15) is 60.4 Å². The summed E-state index contributed by atoms with van der Waals surface area (Å²) in [5.74, 6) is 0.0436. The van der Waals surface area contributed by atoms with Crippen LogP contribution in [0, 0.1) is 0 Å². The molecule has 3 aliphatic rings. The fraction of sp³-hybridized carbons (Fsp3) is 0.600. The molecule has 1 aromatic rings. The molecule has 0 N–H and O–H groups in total. The predicted molar refractivity (Wildman–Crippen MR) is 100 cm³/mol.